The van der Waals surface area contributed by atoms with Gasteiger partial charge in [-0.05, 0) is 32.1 Å². The topological polar surface area (TPSA) is 144 Å². The van der Waals surface area contributed by atoms with Crippen molar-refractivity contribution < 1.29 is 38.5 Å². The van der Waals surface area contributed by atoms with Crippen LogP contribution < -0.4 is 10.6 Å². The van der Waals surface area contributed by atoms with E-state index < -0.39 is 5.97 Å². The van der Waals surface area contributed by atoms with Crippen LogP contribution in [0.1, 0.15) is 135 Å². The van der Waals surface area contributed by atoms with Crippen LogP contribution in [0.2, 0.25) is 0 Å². The third kappa shape index (κ3) is 24.0. The molecule has 1 saturated heterocycles. The van der Waals surface area contributed by atoms with Gasteiger partial charge in [-0.25, -0.2) is 0 Å². The van der Waals surface area contributed by atoms with Crippen LogP contribution >= 0.6 is 0 Å². The molecule has 0 saturated carbocycles. The van der Waals surface area contributed by atoms with Gasteiger partial charge in [-0.15, -0.1) is 0 Å². The summed E-state index contributed by atoms with van der Waals surface area (Å²) in [5, 5.41) is 14.2. The van der Waals surface area contributed by atoms with Crippen molar-refractivity contribution in [2.45, 2.75) is 141 Å². The van der Waals surface area contributed by atoms with Crippen LogP contribution in [0.3, 0.4) is 0 Å². The van der Waals surface area contributed by atoms with Gasteiger partial charge in [0.1, 0.15) is 6.04 Å². The second kappa shape index (κ2) is 30.1. The maximum Gasteiger partial charge on any atom is 0.303 e. The highest BCUT2D eigenvalue weighted by atomic mass is 16.5. The van der Waals surface area contributed by atoms with E-state index in [1.54, 1.807) is 4.90 Å². The Balaban J connectivity index is 1.92. The zero-order valence-corrected chi connectivity index (χ0v) is 28.8. The molecule has 0 aromatic heterocycles. The zero-order valence-electron chi connectivity index (χ0n) is 28.8. The average molecular weight is 656 g/mol. The molecule has 1 unspecified atom stereocenters. The Labute approximate surface area is 278 Å². The van der Waals surface area contributed by atoms with Crippen LogP contribution in [0.15, 0.2) is 0 Å². The van der Waals surface area contributed by atoms with Crippen molar-refractivity contribution in [3.8, 4) is 0 Å². The van der Waals surface area contributed by atoms with Crippen LogP contribution in [0, 0.1) is 0 Å². The lowest BCUT2D eigenvalue weighted by molar-refractivity contribution is -0.138. The van der Waals surface area contributed by atoms with Crippen LogP contribution in [0.25, 0.3) is 0 Å². The average Bonchev–Trinajstić information content (AvgIpc) is 3.54. The van der Waals surface area contributed by atoms with Gasteiger partial charge in [0, 0.05) is 45.7 Å². The molecule has 0 aromatic carbocycles. The van der Waals surface area contributed by atoms with E-state index in [1.807, 2.05) is 0 Å². The molecule has 11 heteroatoms. The smallest absolute Gasteiger partial charge is 0.303 e. The van der Waals surface area contributed by atoms with Gasteiger partial charge in [-0.2, -0.15) is 0 Å². The first-order chi connectivity index (χ1) is 22.5. The first-order valence-corrected chi connectivity index (χ1v) is 18.2. The van der Waals surface area contributed by atoms with E-state index in [1.165, 1.54) is 70.6 Å². The number of ether oxygens (including phenoxy) is 3. The van der Waals surface area contributed by atoms with Crippen molar-refractivity contribution in [3.05, 3.63) is 0 Å². The van der Waals surface area contributed by atoms with Gasteiger partial charge in [-0.1, -0.05) is 84.0 Å². The van der Waals surface area contributed by atoms with Crippen molar-refractivity contribution in [1.82, 2.24) is 15.5 Å². The Morgan fingerprint density at radius 3 is 1.67 bits per heavy atom. The summed E-state index contributed by atoms with van der Waals surface area (Å²) in [7, 11) is 0. The summed E-state index contributed by atoms with van der Waals surface area (Å²) in [4.78, 5) is 49.1. The Hall–Kier alpha value is -2.24. The molecule has 0 aromatic rings. The molecule has 3 amide bonds. The Bertz CT molecular complexity index is 798. The highest BCUT2D eigenvalue weighted by molar-refractivity contribution is 5.88. The normalized spacial score (nSPS) is 14.5. The number of carboxylic acid groups (broad SMARTS) is 1. The fraction of sp³-hybridized carbons (Fsp3) is 0.886. The number of carbonyl (C=O) groups is 4. The number of rotatable bonds is 32. The summed E-state index contributed by atoms with van der Waals surface area (Å²) in [6.07, 6.45) is 20.0. The van der Waals surface area contributed by atoms with Crippen LogP contribution in [0.5, 0.6) is 0 Å². The number of amides is 3. The first kappa shape index (κ1) is 41.8. The number of hydrogen-bond acceptors (Lipinski definition) is 7. The third-order valence-corrected chi connectivity index (χ3v) is 8.23. The summed E-state index contributed by atoms with van der Waals surface area (Å²) >= 11 is 0. The highest BCUT2D eigenvalue weighted by Crippen LogP contribution is 2.20. The minimum absolute atomic E-state index is 0.0122. The minimum atomic E-state index is -0.983. The van der Waals surface area contributed by atoms with Crippen molar-refractivity contribution in [1.29, 1.82) is 0 Å². The Morgan fingerprint density at radius 1 is 0.630 bits per heavy atom. The summed E-state index contributed by atoms with van der Waals surface area (Å²) in [5.74, 6) is -1.19. The van der Waals surface area contributed by atoms with Gasteiger partial charge in [0.25, 0.3) is 0 Å². The van der Waals surface area contributed by atoms with Crippen molar-refractivity contribution in [2.24, 2.45) is 0 Å². The SMILES string of the molecule is CCCCCCCCCCCCCCCC(=O)N1CCCC1C(=O)NCCCOCCOCCOCCCNC(=O)CCC(=O)O. The molecule has 1 fully saturated rings. The lowest BCUT2D eigenvalue weighted by atomic mass is 10.0. The molecular formula is C35H65N3O8. The molecule has 46 heavy (non-hydrogen) atoms. The summed E-state index contributed by atoms with van der Waals surface area (Å²) in [6, 6.07) is -0.339. The van der Waals surface area contributed by atoms with E-state index in [9.17, 15) is 19.2 Å². The maximum atomic E-state index is 12.8. The number of carbonyl (C=O) groups excluding carboxylic acids is 3. The fourth-order valence-corrected chi connectivity index (χ4v) is 5.53. The molecule has 268 valence electrons. The number of hydrogen-bond donors (Lipinski definition) is 3. The van der Waals surface area contributed by atoms with Gasteiger partial charge in [0.05, 0.1) is 32.8 Å². The van der Waals surface area contributed by atoms with E-state index in [0.29, 0.717) is 78.5 Å². The minimum Gasteiger partial charge on any atom is -0.481 e. The van der Waals surface area contributed by atoms with Crippen LogP contribution in [-0.4, -0.2) is 99.0 Å². The molecule has 0 aliphatic carbocycles. The molecule has 1 aliphatic heterocycles. The predicted molar refractivity (Wildman–Crippen MR) is 180 cm³/mol. The van der Waals surface area contributed by atoms with E-state index >= 15 is 0 Å². The van der Waals surface area contributed by atoms with Crippen molar-refractivity contribution in [3.63, 3.8) is 0 Å². The first-order valence-electron chi connectivity index (χ1n) is 18.2. The maximum absolute atomic E-state index is 12.8. The summed E-state index contributed by atoms with van der Waals surface area (Å²) < 4.78 is 16.5. The lowest BCUT2D eigenvalue weighted by Gasteiger charge is -2.24. The molecule has 0 bridgehead atoms. The quantitative estimate of drug-likeness (QED) is 0.0820. The predicted octanol–water partition coefficient (Wildman–Crippen LogP) is 5.39. The second-order valence-electron chi connectivity index (χ2n) is 12.3. The zero-order chi connectivity index (χ0) is 33.5. The largest absolute Gasteiger partial charge is 0.481 e. The Morgan fingerprint density at radius 2 is 1.13 bits per heavy atom. The number of unbranched alkanes of at least 4 members (excludes halogenated alkanes) is 12. The summed E-state index contributed by atoms with van der Waals surface area (Å²) in [5.41, 5.74) is 0. The van der Waals surface area contributed by atoms with Crippen molar-refractivity contribution >= 4 is 23.7 Å². The van der Waals surface area contributed by atoms with E-state index in [4.69, 9.17) is 19.3 Å². The van der Waals surface area contributed by atoms with Gasteiger partial charge in [0.15, 0.2) is 0 Å². The number of nitrogens with one attached hydrogen (secondary N) is 2. The van der Waals surface area contributed by atoms with E-state index in [2.05, 4.69) is 17.6 Å². The standard InChI is InChI=1S/C35H65N3O8/c1-2-3-4-5-6-7-8-9-10-11-12-13-14-19-33(40)38-24-15-18-31(38)35(43)37-23-17-26-45-28-30-46-29-27-44-25-16-22-36-32(39)20-21-34(41)42/h31H,2-30H2,1H3,(H,36,39)(H,37,43)(H,41,42). The van der Waals surface area contributed by atoms with Crippen LogP contribution in [-0.2, 0) is 33.4 Å². The van der Waals surface area contributed by atoms with E-state index in [-0.39, 0.29) is 36.6 Å². The molecule has 11 nitrogen and oxygen atoms in total. The van der Waals surface area contributed by atoms with Crippen LogP contribution in [0.4, 0.5) is 0 Å². The number of aliphatic carboxylic acids is 1. The van der Waals surface area contributed by atoms with Gasteiger partial charge in [-0.3, -0.25) is 19.2 Å². The number of carboxylic acids is 1. The second-order valence-corrected chi connectivity index (χ2v) is 12.3. The molecule has 3 N–H and O–H groups in total. The van der Waals surface area contributed by atoms with Crippen molar-refractivity contribution in [2.75, 3.05) is 59.3 Å². The van der Waals surface area contributed by atoms with Gasteiger partial charge < -0.3 is 34.9 Å². The lowest BCUT2D eigenvalue weighted by Crippen LogP contribution is -2.46. The molecule has 0 radical (unpaired) electrons. The molecule has 0 spiro atoms. The molecular weight excluding hydrogens is 590 g/mol. The molecule has 1 atom stereocenters. The van der Waals surface area contributed by atoms with E-state index in [0.717, 1.165) is 25.7 Å². The fourth-order valence-electron chi connectivity index (χ4n) is 5.53. The molecule has 1 heterocycles. The highest BCUT2D eigenvalue weighted by Gasteiger charge is 2.33. The number of likely N-dealkylation sites (tertiary alicyclic amines) is 1. The molecule has 1 rings (SSSR count). The summed E-state index contributed by atoms with van der Waals surface area (Å²) in [6.45, 7) is 6.71. The molecule has 1 aliphatic rings. The number of nitrogens with zero attached hydrogens (tertiary/aromatic N) is 1. The third-order valence-electron chi connectivity index (χ3n) is 8.23. The van der Waals surface area contributed by atoms with Gasteiger partial charge in [0.2, 0.25) is 17.7 Å². The monoisotopic (exact) mass is 655 g/mol. The Kier molecular flexibility index (Phi) is 27.4. The van der Waals surface area contributed by atoms with Gasteiger partial charge >= 0.3 is 5.97 Å².